The average molecular weight is 415 g/mol. The van der Waals surface area contributed by atoms with Gasteiger partial charge in [-0.1, -0.05) is 12.1 Å². The van der Waals surface area contributed by atoms with Gasteiger partial charge in [0, 0.05) is 45.8 Å². The topological polar surface area (TPSA) is 42.0 Å². The first-order chi connectivity index (χ1) is 14.5. The number of piperidine rings is 1. The number of nitrogens with zero attached hydrogens (tertiary/aromatic N) is 2. The van der Waals surface area contributed by atoms with Crippen LogP contribution in [0.1, 0.15) is 64.4 Å². The third-order valence-corrected chi connectivity index (χ3v) is 6.99. The minimum Gasteiger partial charge on any atom is -0.491 e. The third-order valence-electron chi connectivity index (χ3n) is 6.99. The van der Waals surface area contributed by atoms with E-state index in [4.69, 9.17) is 9.47 Å². The van der Waals surface area contributed by atoms with Crippen molar-refractivity contribution in [3.63, 3.8) is 0 Å². The van der Waals surface area contributed by atoms with Crippen LogP contribution in [0.2, 0.25) is 0 Å². The highest BCUT2D eigenvalue weighted by Gasteiger charge is 2.41. The molecular formula is C25H38N2O3. The minimum atomic E-state index is -0.000330. The first-order valence-corrected chi connectivity index (χ1v) is 11.9. The highest BCUT2D eigenvalue weighted by Crippen LogP contribution is 2.39. The lowest BCUT2D eigenvalue weighted by Gasteiger charge is -2.46. The summed E-state index contributed by atoms with van der Waals surface area (Å²) in [4.78, 5) is 17.2. The van der Waals surface area contributed by atoms with E-state index < -0.39 is 0 Å². The number of carbonyl (C=O) groups excluding carboxylic acids is 1. The average Bonchev–Trinajstić information content (AvgIpc) is 3.26. The number of likely N-dealkylation sites (tertiary alicyclic amines) is 2. The molecule has 3 fully saturated rings. The maximum Gasteiger partial charge on any atom is 0.222 e. The fourth-order valence-electron chi connectivity index (χ4n) is 5.32. The predicted octanol–water partition coefficient (Wildman–Crippen LogP) is 4.25. The first-order valence-electron chi connectivity index (χ1n) is 11.9. The van der Waals surface area contributed by atoms with Crippen molar-refractivity contribution in [1.29, 1.82) is 0 Å². The molecule has 0 bridgehead atoms. The molecule has 5 nitrogen and oxygen atoms in total. The Labute approximate surface area is 181 Å². The molecule has 3 aliphatic heterocycles. The minimum absolute atomic E-state index is 0.000330. The van der Waals surface area contributed by atoms with Crippen molar-refractivity contribution in [2.24, 2.45) is 5.92 Å². The molecule has 1 aromatic carbocycles. The van der Waals surface area contributed by atoms with Gasteiger partial charge in [0.25, 0.3) is 0 Å². The van der Waals surface area contributed by atoms with Crippen LogP contribution in [0.3, 0.4) is 0 Å². The van der Waals surface area contributed by atoms with E-state index in [1.54, 1.807) is 0 Å². The number of amides is 1. The SMILES string of the molecule is CC(C)Oc1ccc(CN2CCC3(CC2)CC(CC(=O)N2CCCC2)CCO3)cc1. The number of hydrogen-bond donors (Lipinski definition) is 0. The lowest BCUT2D eigenvalue weighted by atomic mass is 9.78. The maximum atomic E-state index is 12.6. The fraction of sp³-hybridized carbons (Fsp3) is 0.720. The molecule has 0 saturated carbocycles. The van der Waals surface area contributed by atoms with Crippen LogP contribution < -0.4 is 4.74 Å². The van der Waals surface area contributed by atoms with Crippen molar-refractivity contribution < 1.29 is 14.3 Å². The summed E-state index contributed by atoms with van der Waals surface area (Å²) in [6, 6.07) is 8.51. The Hall–Kier alpha value is -1.59. The van der Waals surface area contributed by atoms with Crippen molar-refractivity contribution in [1.82, 2.24) is 9.80 Å². The van der Waals surface area contributed by atoms with E-state index in [1.165, 1.54) is 18.4 Å². The number of carbonyl (C=O) groups is 1. The van der Waals surface area contributed by atoms with E-state index in [2.05, 4.69) is 47.9 Å². The number of ether oxygens (including phenoxy) is 2. The summed E-state index contributed by atoms with van der Waals surface area (Å²) < 4.78 is 12.1. The second-order valence-electron chi connectivity index (χ2n) is 9.77. The molecule has 0 aromatic heterocycles. The van der Waals surface area contributed by atoms with Gasteiger partial charge in [0.05, 0.1) is 11.7 Å². The van der Waals surface area contributed by atoms with Gasteiger partial charge in [-0.05, 0) is 76.0 Å². The standard InChI is InChI=1S/C25H38N2O3/c1-20(2)30-23-7-5-21(6-8-23)19-26-14-10-25(11-15-26)18-22(9-16-29-25)17-24(28)27-12-3-4-13-27/h5-8,20,22H,3-4,9-19H2,1-2H3. The van der Waals surface area contributed by atoms with Gasteiger partial charge in [0.15, 0.2) is 0 Å². The highest BCUT2D eigenvalue weighted by molar-refractivity contribution is 5.76. The van der Waals surface area contributed by atoms with Crippen molar-refractivity contribution in [3.05, 3.63) is 29.8 Å². The predicted molar refractivity (Wildman–Crippen MR) is 119 cm³/mol. The normalized spacial score (nSPS) is 24.5. The monoisotopic (exact) mass is 414 g/mol. The molecule has 0 N–H and O–H groups in total. The molecule has 1 unspecified atom stereocenters. The van der Waals surface area contributed by atoms with Crippen LogP contribution in [-0.2, 0) is 16.1 Å². The molecular weight excluding hydrogens is 376 g/mol. The molecule has 0 radical (unpaired) electrons. The second-order valence-corrected chi connectivity index (χ2v) is 9.77. The molecule has 3 heterocycles. The smallest absolute Gasteiger partial charge is 0.222 e. The van der Waals surface area contributed by atoms with E-state index >= 15 is 0 Å². The van der Waals surface area contributed by atoms with E-state index in [9.17, 15) is 4.79 Å². The second kappa shape index (κ2) is 9.69. The lowest BCUT2D eigenvalue weighted by molar-refractivity contribution is -0.141. The van der Waals surface area contributed by atoms with E-state index in [0.717, 1.165) is 77.2 Å². The Morgan fingerprint density at radius 2 is 1.83 bits per heavy atom. The largest absolute Gasteiger partial charge is 0.491 e. The Morgan fingerprint density at radius 1 is 1.13 bits per heavy atom. The molecule has 1 spiro atoms. The summed E-state index contributed by atoms with van der Waals surface area (Å²) in [5, 5.41) is 0. The molecule has 1 aromatic rings. The summed E-state index contributed by atoms with van der Waals surface area (Å²) in [6.45, 7) is 9.97. The molecule has 3 saturated heterocycles. The molecule has 3 aliphatic rings. The first kappa shape index (κ1) is 21.6. The maximum absolute atomic E-state index is 12.6. The molecule has 166 valence electrons. The van der Waals surface area contributed by atoms with Crippen molar-refractivity contribution in [2.45, 2.75) is 77.0 Å². The van der Waals surface area contributed by atoms with Gasteiger partial charge in [0.2, 0.25) is 5.91 Å². The van der Waals surface area contributed by atoms with Crippen LogP contribution in [0.4, 0.5) is 0 Å². The van der Waals surface area contributed by atoms with Gasteiger partial charge in [-0.3, -0.25) is 9.69 Å². The summed E-state index contributed by atoms with van der Waals surface area (Å²) in [7, 11) is 0. The molecule has 4 rings (SSSR count). The van der Waals surface area contributed by atoms with Crippen LogP contribution in [0.5, 0.6) is 5.75 Å². The highest BCUT2D eigenvalue weighted by atomic mass is 16.5. The zero-order valence-corrected chi connectivity index (χ0v) is 18.8. The van der Waals surface area contributed by atoms with Gasteiger partial charge in [-0.25, -0.2) is 0 Å². The van der Waals surface area contributed by atoms with Crippen molar-refractivity contribution >= 4 is 5.91 Å². The van der Waals surface area contributed by atoms with E-state index in [-0.39, 0.29) is 11.7 Å². The summed E-state index contributed by atoms with van der Waals surface area (Å²) in [5.74, 6) is 1.81. The van der Waals surface area contributed by atoms with Gasteiger partial charge in [-0.15, -0.1) is 0 Å². The quantitative estimate of drug-likeness (QED) is 0.698. The Kier molecular flexibility index (Phi) is 6.99. The summed E-state index contributed by atoms with van der Waals surface area (Å²) >= 11 is 0. The molecule has 0 aliphatic carbocycles. The molecule has 30 heavy (non-hydrogen) atoms. The van der Waals surface area contributed by atoms with Crippen LogP contribution in [0.15, 0.2) is 24.3 Å². The van der Waals surface area contributed by atoms with Crippen molar-refractivity contribution in [2.75, 3.05) is 32.8 Å². The Morgan fingerprint density at radius 3 is 2.50 bits per heavy atom. The van der Waals surface area contributed by atoms with Gasteiger partial charge in [-0.2, -0.15) is 0 Å². The number of rotatable bonds is 6. The molecule has 1 amide bonds. The van der Waals surface area contributed by atoms with E-state index in [0.29, 0.717) is 11.8 Å². The van der Waals surface area contributed by atoms with Crippen LogP contribution >= 0.6 is 0 Å². The summed E-state index contributed by atoms with van der Waals surface area (Å²) in [6.07, 6.45) is 7.53. The Bertz CT molecular complexity index is 689. The van der Waals surface area contributed by atoms with Crippen molar-refractivity contribution in [3.8, 4) is 5.75 Å². The van der Waals surface area contributed by atoms with Crippen LogP contribution in [0, 0.1) is 5.92 Å². The Balaban J connectivity index is 1.25. The number of hydrogen-bond acceptors (Lipinski definition) is 4. The molecule has 1 atom stereocenters. The summed E-state index contributed by atoms with van der Waals surface area (Å²) in [5.41, 5.74) is 1.33. The zero-order valence-electron chi connectivity index (χ0n) is 18.8. The third kappa shape index (κ3) is 5.55. The van der Waals surface area contributed by atoms with E-state index in [1.807, 2.05) is 0 Å². The lowest BCUT2D eigenvalue weighted by Crippen LogP contribution is -2.49. The van der Waals surface area contributed by atoms with Gasteiger partial charge in [0.1, 0.15) is 5.75 Å². The number of benzene rings is 1. The zero-order chi connectivity index (χ0) is 21.0. The molecule has 5 heteroatoms. The fourth-order valence-corrected chi connectivity index (χ4v) is 5.32. The van der Waals surface area contributed by atoms with Gasteiger partial charge < -0.3 is 14.4 Å². The van der Waals surface area contributed by atoms with Crippen LogP contribution in [0.25, 0.3) is 0 Å². The van der Waals surface area contributed by atoms with Gasteiger partial charge >= 0.3 is 0 Å². The van der Waals surface area contributed by atoms with Crippen LogP contribution in [-0.4, -0.2) is 60.2 Å².